The van der Waals surface area contributed by atoms with Crippen LogP contribution in [0.3, 0.4) is 0 Å². The van der Waals surface area contributed by atoms with Crippen LogP contribution in [-0.4, -0.2) is 34.4 Å². The van der Waals surface area contributed by atoms with Crippen molar-refractivity contribution in [2.75, 3.05) is 0 Å². The molecule has 0 aliphatic rings. The lowest BCUT2D eigenvalue weighted by Gasteiger charge is -2.20. The lowest BCUT2D eigenvalue weighted by Crippen LogP contribution is -2.23. The van der Waals surface area contributed by atoms with Crippen LogP contribution in [0, 0.1) is 0 Å². The number of fused-ring (bicyclic) bond motifs is 1. The number of carbonyl (C=O) groups is 1. The zero-order valence-electron chi connectivity index (χ0n) is 12.2. The molecule has 0 spiro atoms. The lowest BCUT2D eigenvalue weighted by molar-refractivity contribution is 0.00671. The summed E-state index contributed by atoms with van der Waals surface area (Å²) in [5.74, 6) is -0.534. The Morgan fingerprint density at radius 2 is 1.67 bits per heavy atom. The molecule has 0 bridgehead atoms. The van der Waals surface area contributed by atoms with Crippen molar-refractivity contribution in [1.82, 2.24) is 0 Å². The first-order chi connectivity index (χ1) is 9.80. The normalized spacial score (nSPS) is 10.5. The molecule has 0 heterocycles. The Morgan fingerprint density at radius 1 is 1.10 bits per heavy atom. The molecule has 21 heavy (non-hydrogen) atoms. The van der Waals surface area contributed by atoms with Crippen molar-refractivity contribution in [1.29, 1.82) is 0 Å². The van der Waals surface area contributed by atoms with Crippen LogP contribution in [0.15, 0.2) is 36.4 Å². The maximum atomic E-state index is 11.9. The van der Waals surface area contributed by atoms with Crippen molar-refractivity contribution < 1.29 is 24.7 Å². The van der Waals surface area contributed by atoms with E-state index >= 15 is 0 Å². The van der Waals surface area contributed by atoms with Gasteiger partial charge in [0.05, 0.1) is 0 Å². The van der Waals surface area contributed by atoms with Crippen LogP contribution < -0.4 is 0 Å². The van der Waals surface area contributed by atoms with E-state index in [1.807, 2.05) is 18.2 Å². The minimum atomic E-state index is -0.574. The number of rotatable bonds is 1. The van der Waals surface area contributed by atoms with E-state index in [-0.39, 0.29) is 19.0 Å². The molecule has 0 atom stereocenters. The molecule has 0 saturated heterocycles. The molecule has 0 amide bonds. The van der Waals surface area contributed by atoms with Crippen molar-refractivity contribution in [2.45, 2.75) is 26.4 Å². The molecule has 3 N–H and O–H groups in total. The fraction of sp³-hybridized carbons (Fsp3) is 0.267. The van der Waals surface area contributed by atoms with Crippen LogP contribution in [0.4, 0.5) is 0 Å². The molecule has 0 unspecified atom stereocenters. The fourth-order valence-electron chi connectivity index (χ4n) is 1.75. The minimum absolute atomic E-state index is 0. The van der Waals surface area contributed by atoms with E-state index in [1.54, 1.807) is 39.0 Å². The number of hydrogen-bond donors (Lipinski definition) is 3. The molecule has 5 nitrogen and oxygen atoms in total. The average molecular weight is 289 g/mol. The van der Waals surface area contributed by atoms with Gasteiger partial charge in [-0.25, -0.2) is 4.79 Å². The van der Waals surface area contributed by atoms with Crippen molar-refractivity contribution in [3.63, 3.8) is 0 Å². The third-order valence-electron chi connectivity index (χ3n) is 2.52. The molecule has 111 valence electrons. The predicted octanol–water partition coefficient (Wildman–Crippen LogP) is 2.01. The second-order valence-corrected chi connectivity index (χ2v) is 5.30. The third-order valence-corrected chi connectivity index (χ3v) is 2.52. The molecule has 2 aromatic carbocycles. The van der Waals surface area contributed by atoms with Gasteiger partial charge < -0.3 is 19.9 Å². The molecule has 1 radical (unpaired) electrons. The lowest BCUT2D eigenvalue weighted by atomic mass is 10.1. The Bertz CT molecular complexity index is 619. The summed E-state index contributed by atoms with van der Waals surface area (Å²) in [6, 6.07) is 10.8. The van der Waals surface area contributed by atoms with Gasteiger partial charge in [-0.15, -0.1) is 0 Å². The largest absolute Gasteiger partial charge is 0.506 e. The highest BCUT2D eigenvalue weighted by molar-refractivity contribution is 6.13. The SMILES string of the molecule is CC(C)(C)OC(=O)c1ccc2ccccc2c1O.O[B]O. The number of benzene rings is 2. The van der Waals surface area contributed by atoms with Gasteiger partial charge in [0.1, 0.15) is 16.9 Å². The molecule has 0 aliphatic carbocycles. The summed E-state index contributed by atoms with van der Waals surface area (Å²) in [5.41, 5.74) is -0.376. The number of ether oxygens (including phenoxy) is 1. The maximum Gasteiger partial charge on any atom is 0.482 e. The van der Waals surface area contributed by atoms with E-state index in [2.05, 4.69) is 0 Å². The van der Waals surface area contributed by atoms with Crippen LogP contribution >= 0.6 is 0 Å². The molecule has 0 fully saturated rings. The van der Waals surface area contributed by atoms with E-state index in [9.17, 15) is 9.90 Å². The van der Waals surface area contributed by atoms with E-state index in [1.165, 1.54) is 0 Å². The summed E-state index contributed by atoms with van der Waals surface area (Å²) in [4.78, 5) is 11.9. The number of hydrogen-bond acceptors (Lipinski definition) is 5. The molecule has 2 rings (SSSR count). The smallest absolute Gasteiger partial charge is 0.482 e. The standard InChI is InChI=1S/C15H16O3.BH2O2/c1-15(2,3)18-14(17)12-9-8-10-6-4-5-7-11(10)13(12)16;2-1-3/h4-9,16H,1-3H3;2-3H. The summed E-state index contributed by atoms with van der Waals surface area (Å²) in [5, 5.41) is 25.7. The number of phenols is 1. The van der Waals surface area contributed by atoms with Gasteiger partial charge in [-0.3, -0.25) is 0 Å². The summed E-state index contributed by atoms with van der Waals surface area (Å²) in [6.45, 7) is 5.38. The topological polar surface area (TPSA) is 87.0 Å². The average Bonchev–Trinajstić information content (AvgIpc) is 2.38. The quantitative estimate of drug-likeness (QED) is 0.552. The van der Waals surface area contributed by atoms with Crippen LogP contribution in [0.25, 0.3) is 10.8 Å². The van der Waals surface area contributed by atoms with Crippen LogP contribution in [0.1, 0.15) is 31.1 Å². The summed E-state index contributed by atoms with van der Waals surface area (Å²) in [7, 11) is 0. The highest BCUT2D eigenvalue weighted by atomic mass is 16.6. The fourth-order valence-corrected chi connectivity index (χ4v) is 1.75. The van der Waals surface area contributed by atoms with Gasteiger partial charge in [0.2, 0.25) is 0 Å². The van der Waals surface area contributed by atoms with Crippen molar-refractivity contribution in [3.8, 4) is 5.75 Å². The van der Waals surface area contributed by atoms with Gasteiger partial charge in [0, 0.05) is 5.39 Å². The van der Waals surface area contributed by atoms with E-state index < -0.39 is 11.6 Å². The number of carbonyl (C=O) groups excluding carboxylic acids is 1. The van der Waals surface area contributed by atoms with Crippen LogP contribution in [0.2, 0.25) is 0 Å². The predicted molar refractivity (Wildman–Crippen MR) is 81.0 cm³/mol. The Labute approximate surface area is 124 Å². The molecule has 0 aromatic heterocycles. The highest BCUT2D eigenvalue weighted by Gasteiger charge is 2.21. The van der Waals surface area contributed by atoms with Gasteiger partial charge >= 0.3 is 13.7 Å². The number of aromatic hydroxyl groups is 1. The van der Waals surface area contributed by atoms with Crippen molar-refractivity contribution in [3.05, 3.63) is 42.0 Å². The first-order valence-corrected chi connectivity index (χ1v) is 6.34. The Hall–Kier alpha value is -2.05. The van der Waals surface area contributed by atoms with E-state index in [4.69, 9.17) is 14.8 Å². The zero-order valence-corrected chi connectivity index (χ0v) is 12.2. The van der Waals surface area contributed by atoms with Crippen LogP contribution in [0.5, 0.6) is 5.75 Å². The second-order valence-electron chi connectivity index (χ2n) is 5.30. The summed E-state index contributed by atoms with van der Waals surface area (Å²) >= 11 is 0. The molecule has 0 saturated carbocycles. The Balaban J connectivity index is 0.000000677. The first kappa shape index (κ1) is 17.0. The summed E-state index contributed by atoms with van der Waals surface area (Å²) in [6.07, 6.45) is 0. The highest BCUT2D eigenvalue weighted by Crippen LogP contribution is 2.29. The third kappa shape index (κ3) is 4.77. The molecule has 2 aromatic rings. The van der Waals surface area contributed by atoms with Gasteiger partial charge in [-0.05, 0) is 32.2 Å². The van der Waals surface area contributed by atoms with Crippen molar-refractivity contribution in [2.24, 2.45) is 0 Å². The van der Waals surface area contributed by atoms with E-state index in [0.717, 1.165) is 5.39 Å². The molecular weight excluding hydrogens is 271 g/mol. The molecule has 6 heteroatoms. The maximum absolute atomic E-state index is 11.9. The minimum Gasteiger partial charge on any atom is -0.506 e. The first-order valence-electron chi connectivity index (χ1n) is 6.34. The van der Waals surface area contributed by atoms with Crippen LogP contribution in [-0.2, 0) is 4.74 Å². The second kappa shape index (κ2) is 7.10. The molecule has 0 aliphatic heterocycles. The monoisotopic (exact) mass is 289 g/mol. The summed E-state index contributed by atoms with van der Waals surface area (Å²) < 4.78 is 5.25. The van der Waals surface area contributed by atoms with Gasteiger partial charge in [0.25, 0.3) is 0 Å². The van der Waals surface area contributed by atoms with Gasteiger partial charge in [-0.1, -0.05) is 30.3 Å². The number of phenolic OH excluding ortho intramolecular Hbond substituents is 1. The van der Waals surface area contributed by atoms with E-state index in [0.29, 0.717) is 5.39 Å². The Kier molecular flexibility index (Phi) is 5.75. The van der Waals surface area contributed by atoms with Gasteiger partial charge in [0.15, 0.2) is 0 Å². The Morgan fingerprint density at radius 3 is 2.24 bits per heavy atom. The zero-order chi connectivity index (χ0) is 16.0. The van der Waals surface area contributed by atoms with Crippen molar-refractivity contribution >= 4 is 24.4 Å². The van der Waals surface area contributed by atoms with Gasteiger partial charge in [-0.2, -0.15) is 0 Å². The number of esters is 1. The molecular formula is C15H18BO5.